The molecule has 5 rings (SSSR count). The van der Waals surface area contributed by atoms with Crippen molar-refractivity contribution < 1.29 is 29.3 Å². The molecule has 8 nitrogen and oxygen atoms in total. The molecule has 2 amide bonds. The number of carboxylic acid groups (broad SMARTS) is 1. The van der Waals surface area contributed by atoms with Gasteiger partial charge < -0.3 is 25.6 Å². The number of benzene rings is 2. The molecule has 3 aliphatic carbocycles. The van der Waals surface area contributed by atoms with Crippen LogP contribution in [0.25, 0.3) is 11.1 Å². The van der Waals surface area contributed by atoms with E-state index in [2.05, 4.69) is 22.8 Å². The second-order valence-electron chi connectivity index (χ2n) is 10.1. The molecular weight excluding hydrogens is 448 g/mol. The number of nitrogens with one attached hydrogen (secondary N) is 2. The third-order valence-electron chi connectivity index (χ3n) is 7.91. The normalized spacial score (nSPS) is 19.5. The molecule has 0 aromatic heterocycles. The van der Waals surface area contributed by atoms with Gasteiger partial charge in [0.15, 0.2) is 0 Å². The predicted octanol–water partition coefficient (Wildman–Crippen LogP) is 3.18. The van der Waals surface area contributed by atoms with Gasteiger partial charge in [-0.2, -0.15) is 0 Å². The first-order chi connectivity index (χ1) is 16.9. The number of aliphatic carboxylic acids is 1. The number of hydrogen-bond acceptors (Lipinski definition) is 5. The van der Waals surface area contributed by atoms with Crippen molar-refractivity contribution in [2.45, 2.75) is 56.0 Å². The number of hydrogen-bond donors (Lipinski definition) is 4. The van der Waals surface area contributed by atoms with Crippen molar-refractivity contribution in [1.82, 2.24) is 10.6 Å². The fourth-order valence-electron chi connectivity index (χ4n) is 6.08. The number of fused-ring (bicyclic) bond motifs is 3. The molecule has 0 radical (unpaired) electrons. The zero-order chi connectivity index (χ0) is 24.6. The standard InChI is InChI=1S/C27H30N2O6/c30-13-10-22(23(31)32)28-24(33)27(15-26(16-27)11-5-12-26)29-25(34)35-14-21-19-8-3-1-6-17(19)18-7-2-4-9-20(18)21/h1-4,6-9,21-22,30H,5,10-16H2,(H,28,33)(H,29,34)(H,31,32)/t22-/m0/s1. The summed E-state index contributed by atoms with van der Waals surface area (Å²) < 4.78 is 5.65. The van der Waals surface area contributed by atoms with Crippen LogP contribution in [0, 0.1) is 5.41 Å². The number of carbonyl (C=O) groups excluding carboxylic acids is 2. The molecular formula is C27H30N2O6. The van der Waals surface area contributed by atoms with Gasteiger partial charge >= 0.3 is 12.1 Å². The summed E-state index contributed by atoms with van der Waals surface area (Å²) >= 11 is 0. The fourth-order valence-corrected chi connectivity index (χ4v) is 6.08. The Morgan fingerprint density at radius 1 is 1.00 bits per heavy atom. The molecule has 2 fully saturated rings. The maximum Gasteiger partial charge on any atom is 0.408 e. The summed E-state index contributed by atoms with van der Waals surface area (Å²) in [6.45, 7) is -0.237. The average Bonchev–Trinajstić information content (AvgIpc) is 3.12. The molecule has 184 valence electrons. The molecule has 1 atom stereocenters. The summed E-state index contributed by atoms with van der Waals surface area (Å²) in [6.07, 6.45) is 3.20. The van der Waals surface area contributed by atoms with Gasteiger partial charge in [-0.1, -0.05) is 55.0 Å². The Kier molecular flexibility index (Phi) is 6.01. The van der Waals surface area contributed by atoms with Gasteiger partial charge in [0.2, 0.25) is 5.91 Å². The predicted molar refractivity (Wildman–Crippen MR) is 128 cm³/mol. The van der Waals surface area contributed by atoms with Crippen LogP contribution in [0.1, 0.15) is 55.6 Å². The third kappa shape index (κ3) is 4.16. The van der Waals surface area contributed by atoms with Crippen molar-refractivity contribution in [3.63, 3.8) is 0 Å². The zero-order valence-corrected chi connectivity index (χ0v) is 19.5. The number of alkyl carbamates (subject to hydrolysis) is 1. The summed E-state index contributed by atoms with van der Waals surface area (Å²) in [6, 6.07) is 14.9. The van der Waals surface area contributed by atoms with Crippen LogP contribution >= 0.6 is 0 Å². The highest BCUT2D eigenvalue weighted by Gasteiger charge is 2.62. The first-order valence-electron chi connectivity index (χ1n) is 12.1. The highest BCUT2D eigenvalue weighted by Crippen LogP contribution is 2.60. The second kappa shape index (κ2) is 9.00. The van der Waals surface area contributed by atoms with Gasteiger partial charge in [-0.15, -0.1) is 0 Å². The van der Waals surface area contributed by atoms with Gasteiger partial charge in [-0.25, -0.2) is 9.59 Å². The van der Waals surface area contributed by atoms with Crippen molar-refractivity contribution in [2.24, 2.45) is 5.41 Å². The van der Waals surface area contributed by atoms with Gasteiger partial charge in [0.25, 0.3) is 0 Å². The molecule has 0 heterocycles. The topological polar surface area (TPSA) is 125 Å². The summed E-state index contributed by atoms with van der Waals surface area (Å²) in [5.74, 6) is -1.86. The molecule has 2 saturated carbocycles. The Labute approximate surface area is 203 Å². The van der Waals surface area contributed by atoms with Gasteiger partial charge in [0.05, 0.1) is 0 Å². The Balaban J connectivity index is 1.28. The number of aliphatic hydroxyl groups is 1. The maximum atomic E-state index is 13.2. The Morgan fingerprint density at radius 3 is 2.11 bits per heavy atom. The molecule has 4 N–H and O–H groups in total. The average molecular weight is 479 g/mol. The molecule has 1 spiro atoms. The van der Waals surface area contributed by atoms with E-state index in [4.69, 9.17) is 9.84 Å². The number of aliphatic hydroxyl groups excluding tert-OH is 1. The summed E-state index contributed by atoms with van der Waals surface area (Å²) in [5, 5.41) is 23.8. The quantitative estimate of drug-likeness (QED) is 0.462. The SMILES string of the molecule is O=C(NC1(C(=O)N[C@@H](CCO)C(=O)O)CC2(CCC2)C1)OCC1c2ccccc2-c2ccccc21. The summed E-state index contributed by atoms with van der Waals surface area (Å²) in [4.78, 5) is 37.6. The second-order valence-corrected chi connectivity index (χ2v) is 10.1. The molecule has 0 bridgehead atoms. The van der Waals surface area contributed by atoms with Gasteiger partial charge in [0, 0.05) is 18.9 Å². The zero-order valence-electron chi connectivity index (χ0n) is 19.5. The molecule has 35 heavy (non-hydrogen) atoms. The van der Waals surface area contributed by atoms with Crippen molar-refractivity contribution in [1.29, 1.82) is 0 Å². The van der Waals surface area contributed by atoms with E-state index in [-0.39, 0.29) is 31.0 Å². The molecule has 3 aliphatic rings. The maximum absolute atomic E-state index is 13.2. The number of carbonyl (C=O) groups is 3. The highest BCUT2D eigenvalue weighted by molar-refractivity contribution is 5.94. The van der Waals surface area contributed by atoms with E-state index in [9.17, 15) is 19.5 Å². The van der Waals surface area contributed by atoms with E-state index in [1.165, 1.54) is 0 Å². The smallest absolute Gasteiger partial charge is 0.408 e. The minimum absolute atomic E-state index is 0.0314. The highest BCUT2D eigenvalue weighted by atomic mass is 16.5. The van der Waals surface area contributed by atoms with E-state index in [1.807, 2.05) is 36.4 Å². The van der Waals surface area contributed by atoms with Crippen molar-refractivity contribution in [2.75, 3.05) is 13.2 Å². The Bertz CT molecular complexity index is 1100. The molecule has 8 heteroatoms. The van der Waals surface area contributed by atoms with Crippen molar-refractivity contribution in [3.05, 3.63) is 59.7 Å². The van der Waals surface area contributed by atoms with Gasteiger partial charge in [-0.3, -0.25) is 4.79 Å². The molecule has 0 saturated heterocycles. The lowest BCUT2D eigenvalue weighted by atomic mass is 9.48. The molecule has 2 aromatic rings. The minimum atomic E-state index is -1.22. The first kappa shape index (κ1) is 23.4. The van der Waals surface area contributed by atoms with E-state index in [0.717, 1.165) is 41.5 Å². The van der Waals surface area contributed by atoms with Crippen LogP contribution in [0.5, 0.6) is 0 Å². The number of carboxylic acids is 1. The van der Waals surface area contributed by atoms with Crippen LogP contribution in [-0.2, 0) is 14.3 Å². The van der Waals surface area contributed by atoms with E-state index in [0.29, 0.717) is 12.8 Å². The van der Waals surface area contributed by atoms with Crippen molar-refractivity contribution in [3.8, 4) is 11.1 Å². The third-order valence-corrected chi connectivity index (χ3v) is 7.91. The number of amides is 2. The van der Waals surface area contributed by atoms with E-state index >= 15 is 0 Å². The summed E-state index contributed by atoms with van der Waals surface area (Å²) in [7, 11) is 0. The van der Waals surface area contributed by atoms with Crippen LogP contribution in [0.3, 0.4) is 0 Å². The number of rotatable bonds is 8. The molecule has 0 aliphatic heterocycles. The minimum Gasteiger partial charge on any atom is -0.480 e. The Hall–Kier alpha value is -3.39. The van der Waals surface area contributed by atoms with Crippen LogP contribution in [0.15, 0.2) is 48.5 Å². The van der Waals surface area contributed by atoms with Gasteiger partial charge in [0.1, 0.15) is 18.2 Å². The summed E-state index contributed by atoms with van der Waals surface area (Å²) in [5.41, 5.74) is 3.28. The Morgan fingerprint density at radius 2 is 1.60 bits per heavy atom. The van der Waals surface area contributed by atoms with Crippen LogP contribution in [0.4, 0.5) is 4.79 Å². The largest absolute Gasteiger partial charge is 0.480 e. The van der Waals surface area contributed by atoms with E-state index < -0.39 is 29.6 Å². The lowest BCUT2D eigenvalue weighted by molar-refractivity contribution is -0.150. The molecule has 0 unspecified atom stereocenters. The van der Waals surface area contributed by atoms with Crippen LogP contribution < -0.4 is 10.6 Å². The van der Waals surface area contributed by atoms with Crippen LogP contribution in [0.2, 0.25) is 0 Å². The lowest BCUT2D eigenvalue weighted by Gasteiger charge is -2.59. The lowest BCUT2D eigenvalue weighted by Crippen LogP contribution is -2.71. The first-order valence-corrected chi connectivity index (χ1v) is 12.1. The van der Waals surface area contributed by atoms with Crippen LogP contribution in [-0.4, -0.2) is 53.0 Å². The molecule has 2 aromatic carbocycles. The fraction of sp³-hybridized carbons (Fsp3) is 0.444. The van der Waals surface area contributed by atoms with Gasteiger partial charge in [-0.05, 0) is 53.4 Å². The van der Waals surface area contributed by atoms with E-state index in [1.54, 1.807) is 0 Å². The van der Waals surface area contributed by atoms with Crippen molar-refractivity contribution >= 4 is 18.0 Å². The number of ether oxygens (including phenoxy) is 1. The monoisotopic (exact) mass is 478 g/mol.